The van der Waals surface area contributed by atoms with Gasteiger partial charge >= 0.3 is 0 Å². The molecule has 0 saturated heterocycles. The van der Waals surface area contributed by atoms with E-state index in [9.17, 15) is 0 Å². The summed E-state index contributed by atoms with van der Waals surface area (Å²) >= 11 is 5.29. The van der Waals surface area contributed by atoms with Crippen molar-refractivity contribution in [3.63, 3.8) is 0 Å². The van der Waals surface area contributed by atoms with Gasteiger partial charge in [-0.25, -0.2) is 0 Å². The van der Waals surface area contributed by atoms with Crippen LogP contribution in [0.3, 0.4) is 0 Å². The zero-order valence-corrected chi connectivity index (χ0v) is 14.8. The Kier molecular flexibility index (Phi) is 7.90. The SMILES string of the molecule is CCOc1ccc(NC(=S)NCCCCOc2ccccc2)cc1. The van der Waals surface area contributed by atoms with Gasteiger partial charge in [-0.05, 0) is 68.4 Å². The normalized spacial score (nSPS) is 10.0. The first-order valence-electron chi connectivity index (χ1n) is 8.23. The Hall–Kier alpha value is -2.27. The van der Waals surface area contributed by atoms with Gasteiger partial charge in [0.25, 0.3) is 0 Å². The van der Waals surface area contributed by atoms with Crippen LogP contribution in [-0.4, -0.2) is 24.9 Å². The summed E-state index contributed by atoms with van der Waals surface area (Å²) in [4.78, 5) is 0. The lowest BCUT2D eigenvalue weighted by atomic mass is 10.3. The highest BCUT2D eigenvalue weighted by Crippen LogP contribution is 2.15. The summed E-state index contributed by atoms with van der Waals surface area (Å²) in [5, 5.41) is 6.99. The van der Waals surface area contributed by atoms with Crippen LogP contribution in [0.4, 0.5) is 5.69 Å². The summed E-state index contributed by atoms with van der Waals surface area (Å²) in [6.07, 6.45) is 1.98. The molecule has 0 radical (unpaired) electrons. The van der Waals surface area contributed by atoms with Gasteiger partial charge in [-0.2, -0.15) is 0 Å². The number of nitrogens with one attached hydrogen (secondary N) is 2. The fourth-order valence-corrected chi connectivity index (χ4v) is 2.33. The number of hydrogen-bond acceptors (Lipinski definition) is 3. The molecule has 0 aliphatic rings. The highest BCUT2D eigenvalue weighted by atomic mass is 32.1. The quantitative estimate of drug-likeness (QED) is 0.526. The average Bonchev–Trinajstić information content (AvgIpc) is 2.61. The first-order valence-corrected chi connectivity index (χ1v) is 8.64. The summed E-state index contributed by atoms with van der Waals surface area (Å²) in [5.74, 6) is 1.78. The molecule has 0 heterocycles. The van der Waals surface area contributed by atoms with E-state index < -0.39 is 0 Å². The van der Waals surface area contributed by atoms with E-state index in [4.69, 9.17) is 21.7 Å². The smallest absolute Gasteiger partial charge is 0.170 e. The van der Waals surface area contributed by atoms with E-state index in [2.05, 4.69) is 10.6 Å². The Bertz CT molecular complexity index is 603. The second-order valence-electron chi connectivity index (χ2n) is 5.21. The predicted molar refractivity (Wildman–Crippen MR) is 103 cm³/mol. The van der Waals surface area contributed by atoms with Crippen molar-refractivity contribution < 1.29 is 9.47 Å². The van der Waals surface area contributed by atoms with E-state index >= 15 is 0 Å². The number of rotatable bonds is 9. The van der Waals surface area contributed by atoms with E-state index in [1.807, 2.05) is 61.5 Å². The summed E-state index contributed by atoms with van der Waals surface area (Å²) in [6, 6.07) is 17.6. The number of unbranched alkanes of at least 4 members (excludes halogenated alkanes) is 1. The van der Waals surface area contributed by atoms with Crippen LogP contribution in [-0.2, 0) is 0 Å². The van der Waals surface area contributed by atoms with Gasteiger partial charge in [0.1, 0.15) is 11.5 Å². The molecule has 0 aliphatic carbocycles. The maximum absolute atomic E-state index is 5.65. The number of thiocarbonyl (C=S) groups is 1. The average molecular weight is 344 g/mol. The minimum absolute atomic E-state index is 0.628. The highest BCUT2D eigenvalue weighted by molar-refractivity contribution is 7.80. The molecule has 2 rings (SSSR count). The van der Waals surface area contributed by atoms with Crippen LogP contribution in [0.1, 0.15) is 19.8 Å². The van der Waals surface area contributed by atoms with Gasteiger partial charge in [-0.1, -0.05) is 18.2 Å². The molecule has 0 aliphatic heterocycles. The lowest BCUT2D eigenvalue weighted by Gasteiger charge is -2.11. The zero-order chi connectivity index (χ0) is 17.0. The molecule has 4 nitrogen and oxygen atoms in total. The lowest BCUT2D eigenvalue weighted by Crippen LogP contribution is -2.29. The van der Waals surface area contributed by atoms with Crippen LogP contribution in [0.25, 0.3) is 0 Å². The van der Waals surface area contributed by atoms with Crippen molar-refractivity contribution >= 4 is 23.0 Å². The molecule has 2 aromatic carbocycles. The Morgan fingerprint density at radius 1 is 0.917 bits per heavy atom. The van der Waals surface area contributed by atoms with E-state index in [0.29, 0.717) is 18.3 Å². The van der Waals surface area contributed by atoms with Gasteiger partial charge in [0.05, 0.1) is 13.2 Å². The van der Waals surface area contributed by atoms with Gasteiger partial charge in [-0.15, -0.1) is 0 Å². The largest absolute Gasteiger partial charge is 0.494 e. The summed E-state index contributed by atoms with van der Waals surface area (Å²) < 4.78 is 11.1. The van der Waals surface area contributed by atoms with Crippen molar-refractivity contribution in [1.82, 2.24) is 5.32 Å². The van der Waals surface area contributed by atoms with E-state index in [1.165, 1.54) is 0 Å². The number of para-hydroxylation sites is 1. The zero-order valence-electron chi connectivity index (χ0n) is 14.0. The van der Waals surface area contributed by atoms with Crippen LogP contribution in [0, 0.1) is 0 Å². The second-order valence-corrected chi connectivity index (χ2v) is 5.62. The maximum Gasteiger partial charge on any atom is 0.170 e. The Morgan fingerprint density at radius 3 is 2.33 bits per heavy atom. The molecule has 0 bridgehead atoms. The Morgan fingerprint density at radius 2 is 1.62 bits per heavy atom. The Labute approximate surface area is 149 Å². The first kappa shape index (κ1) is 18.1. The van der Waals surface area contributed by atoms with Crippen molar-refractivity contribution in [2.45, 2.75) is 19.8 Å². The maximum atomic E-state index is 5.65. The molecule has 128 valence electrons. The molecule has 0 fully saturated rings. The lowest BCUT2D eigenvalue weighted by molar-refractivity contribution is 0.307. The van der Waals surface area contributed by atoms with Gasteiger partial charge in [-0.3, -0.25) is 0 Å². The standard InChI is InChI=1S/C19H24N2O2S/c1-2-22-18-12-10-16(11-13-18)21-19(24)20-14-6-7-15-23-17-8-4-3-5-9-17/h3-5,8-13H,2,6-7,14-15H2,1H3,(H2,20,21,24). The van der Waals surface area contributed by atoms with Gasteiger partial charge in [0.15, 0.2) is 5.11 Å². The van der Waals surface area contributed by atoms with Crippen LogP contribution in [0.2, 0.25) is 0 Å². The Balaban J connectivity index is 1.56. The van der Waals surface area contributed by atoms with Crippen molar-refractivity contribution in [2.24, 2.45) is 0 Å². The van der Waals surface area contributed by atoms with E-state index in [0.717, 1.165) is 36.6 Å². The fourth-order valence-electron chi connectivity index (χ4n) is 2.11. The third kappa shape index (κ3) is 6.87. The highest BCUT2D eigenvalue weighted by Gasteiger charge is 1.99. The van der Waals surface area contributed by atoms with E-state index in [-0.39, 0.29) is 0 Å². The van der Waals surface area contributed by atoms with Gasteiger partial charge in [0.2, 0.25) is 0 Å². The topological polar surface area (TPSA) is 42.5 Å². The molecule has 2 N–H and O–H groups in total. The first-order chi connectivity index (χ1) is 11.8. The minimum Gasteiger partial charge on any atom is -0.494 e. The van der Waals surface area contributed by atoms with Crippen molar-refractivity contribution in [3.8, 4) is 11.5 Å². The molecule has 0 unspecified atom stereocenters. The number of anilines is 1. The third-order valence-corrected chi connectivity index (χ3v) is 3.54. The third-order valence-electron chi connectivity index (χ3n) is 3.29. The van der Waals surface area contributed by atoms with E-state index in [1.54, 1.807) is 0 Å². The number of ether oxygens (including phenoxy) is 2. The van der Waals surface area contributed by atoms with Crippen LogP contribution >= 0.6 is 12.2 Å². The predicted octanol–water partition coefficient (Wildman–Crippen LogP) is 4.23. The van der Waals surface area contributed by atoms with Crippen LogP contribution < -0.4 is 20.1 Å². The molecular weight excluding hydrogens is 320 g/mol. The molecule has 0 spiro atoms. The van der Waals surface area contributed by atoms with Crippen molar-refractivity contribution in [3.05, 3.63) is 54.6 Å². The second kappa shape index (κ2) is 10.5. The van der Waals surface area contributed by atoms with Gasteiger partial charge in [0, 0.05) is 12.2 Å². The molecule has 0 saturated carbocycles. The fraction of sp³-hybridized carbons (Fsp3) is 0.316. The summed E-state index contributed by atoms with van der Waals surface area (Å²) in [5.41, 5.74) is 0.948. The number of hydrogen-bond donors (Lipinski definition) is 2. The molecule has 0 amide bonds. The molecule has 5 heteroatoms. The van der Waals surface area contributed by atoms with Gasteiger partial charge < -0.3 is 20.1 Å². The van der Waals surface area contributed by atoms with Crippen LogP contribution in [0.5, 0.6) is 11.5 Å². The van der Waals surface area contributed by atoms with Crippen molar-refractivity contribution in [1.29, 1.82) is 0 Å². The molecule has 0 atom stereocenters. The summed E-state index contributed by atoms with van der Waals surface area (Å²) in [6.45, 7) is 4.17. The monoisotopic (exact) mass is 344 g/mol. The minimum atomic E-state index is 0.628. The molecule has 0 aromatic heterocycles. The number of benzene rings is 2. The molecule has 2 aromatic rings. The van der Waals surface area contributed by atoms with Crippen LogP contribution in [0.15, 0.2) is 54.6 Å². The van der Waals surface area contributed by atoms with Crippen molar-refractivity contribution in [2.75, 3.05) is 25.1 Å². The molecule has 24 heavy (non-hydrogen) atoms. The summed E-state index contributed by atoms with van der Waals surface area (Å²) in [7, 11) is 0. The molecular formula is C19H24N2O2S.